The molecule has 2 aliphatic carbocycles. The summed E-state index contributed by atoms with van der Waals surface area (Å²) in [7, 11) is 0. The van der Waals surface area contributed by atoms with Crippen molar-refractivity contribution in [3.8, 4) is 0 Å². The molecule has 132 valence electrons. The summed E-state index contributed by atoms with van der Waals surface area (Å²) < 4.78 is 15.4. The third-order valence-electron chi connectivity index (χ3n) is 5.62. The molecule has 4 rings (SSSR count). The van der Waals surface area contributed by atoms with Crippen molar-refractivity contribution in [3.63, 3.8) is 0 Å². The molecule has 2 saturated carbocycles. The van der Waals surface area contributed by atoms with Crippen molar-refractivity contribution >= 4 is 23.3 Å². The number of anilines is 1. The van der Waals surface area contributed by atoms with Crippen LogP contribution in [0.15, 0.2) is 30.5 Å². The van der Waals surface area contributed by atoms with E-state index in [0.29, 0.717) is 28.7 Å². The second-order valence-electron chi connectivity index (χ2n) is 7.29. The Labute approximate surface area is 151 Å². The van der Waals surface area contributed by atoms with E-state index in [0.717, 1.165) is 11.8 Å². The maximum Gasteiger partial charge on any atom is 0.225 e. The van der Waals surface area contributed by atoms with Crippen LogP contribution in [0.5, 0.6) is 0 Å². The number of benzene rings is 1. The van der Waals surface area contributed by atoms with Crippen molar-refractivity contribution in [2.45, 2.75) is 38.6 Å². The molecule has 0 aliphatic heterocycles. The quantitative estimate of drug-likeness (QED) is 0.852. The number of nitrogens with zero attached hydrogens (tertiary/aromatic N) is 2. The van der Waals surface area contributed by atoms with Gasteiger partial charge in [0, 0.05) is 29.3 Å². The first-order valence-electron chi connectivity index (χ1n) is 8.84. The largest absolute Gasteiger partial charge is 0.309 e. The zero-order valence-corrected chi connectivity index (χ0v) is 14.7. The molecule has 1 amide bonds. The number of carbonyl (C=O) groups excluding carboxylic acids is 1. The Bertz CT molecular complexity index is 770. The molecule has 1 aromatic heterocycles. The maximum atomic E-state index is 13.9. The number of hydrogen-bond donors (Lipinski definition) is 1. The average Bonchev–Trinajstić information content (AvgIpc) is 3.28. The zero-order chi connectivity index (χ0) is 17.4. The molecule has 2 aromatic rings. The summed E-state index contributed by atoms with van der Waals surface area (Å²) in [6, 6.07) is 6.34. The normalized spacial score (nSPS) is 24.6. The van der Waals surface area contributed by atoms with Gasteiger partial charge < -0.3 is 5.32 Å². The van der Waals surface area contributed by atoms with Crippen molar-refractivity contribution in [2.24, 2.45) is 17.8 Å². The van der Waals surface area contributed by atoms with Crippen molar-refractivity contribution in [1.82, 2.24) is 9.78 Å². The van der Waals surface area contributed by atoms with Gasteiger partial charge in [0.2, 0.25) is 5.91 Å². The predicted molar refractivity (Wildman–Crippen MR) is 94.9 cm³/mol. The molecule has 3 unspecified atom stereocenters. The average molecular weight is 362 g/mol. The van der Waals surface area contributed by atoms with Gasteiger partial charge in [-0.25, -0.2) is 4.39 Å². The van der Waals surface area contributed by atoms with E-state index in [1.807, 2.05) is 0 Å². The van der Waals surface area contributed by atoms with E-state index in [1.165, 1.54) is 31.7 Å². The number of nitrogens with one attached hydrogen (secondary N) is 1. The Hall–Kier alpha value is -1.88. The van der Waals surface area contributed by atoms with Crippen molar-refractivity contribution in [2.75, 3.05) is 5.32 Å². The van der Waals surface area contributed by atoms with Crippen LogP contribution in [0.25, 0.3) is 0 Å². The highest BCUT2D eigenvalue weighted by atomic mass is 35.5. The van der Waals surface area contributed by atoms with E-state index in [9.17, 15) is 9.18 Å². The number of aromatic nitrogens is 2. The van der Waals surface area contributed by atoms with Gasteiger partial charge in [-0.1, -0.05) is 24.1 Å². The van der Waals surface area contributed by atoms with E-state index in [1.54, 1.807) is 29.1 Å². The van der Waals surface area contributed by atoms with E-state index >= 15 is 0 Å². The summed E-state index contributed by atoms with van der Waals surface area (Å²) in [5, 5.41) is 7.55. The molecule has 6 heteroatoms. The molecule has 1 aromatic carbocycles. The van der Waals surface area contributed by atoms with Crippen LogP contribution in [-0.4, -0.2) is 15.7 Å². The topological polar surface area (TPSA) is 46.9 Å². The molecule has 3 atom stereocenters. The Morgan fingerprint density at radius 1 is 1.32 bits per heavy atom. The van der Waals surface area contributed by atoms with Crippen molar-refractivity contribution < 1.29 is 9.18 Å². The lowest BCUT2D eigenvalue weighted by molar-refractivity contribution is -0.117. The number of halogens is 2. The molecule has 2 bridgehead atoms. The fourth-order valence-corrected chi connectivity index (χ4v) is 4.64. The van der Waals surface area contributed by atoms with Crippen LogP contribution in [0.3, 0.4) is 0 Å². The lowest BCUT2D eigenvalue weighted by Gasteiger charge is -2.20. The Morgan fingerprint density at radius 2 is 2.20 bits per heavy atom. The molecule has 2 aliphatic rings. The van der Waals surface area contributed by atoms with Crippen molar-refractivity contribution in [3.05, 3.63) is 46.9 Å². The Balaban J connectivity index is 1.36. The Morgan fingerprint density at radius 3 is 2.92 bits per heavy atom. The minimum atomic E-state index is -0.357. The first-order chi connectivity index (χ1) is 12.1. The maximum absolute atomic E-state index is 13.9. The molecule has 25 heavy (non-hydrogen) atoms. The molecule has 2 fully saturated rings. The second kappa shape index (κ2) is 6.79. The molecule has 1 N–H and O–H groups in total. The minimum Gasteiger partial charge on any atom is -0.309 e. The smallest absolute Gasteiger partial charge is 0.225 e. The van der Waals surface area contributed by atoms with Crippen LogP contribution in [0, 0.1) is 23.6 Å². The highest BCUT2D eigenvalue weighted by molar-refractivity contribution is 6.31. The van der Waals surface area contributed by atoms with Crippen LogP contribution in [0.2, 0.25) is 5.02 Å². The summed E-state index contributed by atoms with van der Waals surface area (Å²) in [5.41, 5.74) is 0.395. The van der Waals surface area contributed by atoms with E-state index in [-0.39, 0.29) is 18.3 Å². The lowest BCUT2D eigenvalue weighted by Crippen LogP contribution is -2.20. The van der Waals surface area contributed by atoms with Gasteiger partial charge in [0.15, 0.2) is 5.82 Å². The Kier molecular flexibility index (Phi) is 4.50. The van der Waals surface area contributed by atoms with Gasteiger partial charge in [0.05, 0.1) is 6.54 Å². The number of rotatable bonds is 5. The summed E-state index contributed by atoms with van der Waals surface area (Å²) in [5.74, 6) is 2.26. The SMILES string of the molecule is O=C(CC1CC2CCC1C2)Nc1ccn(Cc2c(F)cccc2Cl)n1. The van der Waals surface area contributed by atoms with Gasteiger partial charge in [0.25, 0.3) is 0 Å². The second-order valence-corrected chi connectivity index (χ2v) is 7.69. The number of carbonyl (C=O) groups is 1. The fraction of sp³-hybridized carbons (Fsp3) is 0.474. The third kappa shape index (κ3) is 3.56. The molecule has 0 saturated heterocycles. The van der Waals surface area contributed by atoms with Gasteiger partial charge in [-0.05, 0) is 49.1 Å². The number of hydrogen-bond acceptors (Lipinski definition) is 2. The van der Waals surface area contributed by atoms with E-state index < -0.39 is 0 Å². The molecular weight excluding hydrogens is 341 g/mol. The van der Waals surface area contributed by atoms with Crippen LogP contribution in [-0.2, 0) is 11.3 Å². The van der Waals surface area contributed by atoms with Gasteiger partial charge in [-0.15, -0.1) is 0 Å². The van der Waals surface area contributed by atoms with Crippen LogP contribution >= 0.6 is 11.6 Å². The summed E-state index contributed by atoms with van der Waals surface area (Å²) in [4.78, 5) is 12.3. The molecule has 0 spiro atoms. The number of fused-ring (bicyclic) bond motifs is 2. The van der Waals surface area contributed by atoms with Gasteiger partial charge in [-0.3, -0.25) is 9.48 Å². The minimum absolute atomic E-state index is 0.0201. The van der Waals surface area contributed by atoms with Crippen molar-refractivity contribution in [1.29, 1.82) is 0 Å². The summed E-state index contributed by atoms with van der Waals surface area (Å²) >= 11 is 6.05. The molecule has 0 radical (unpaired) electrons. The monoisotopic (exact) mass is 361 g/mol. The van der Waals surface area contributed by atoms with Crippen LogP contribution < -0.4 is 5.32 Å². The molecule has 1 heterocycles. The molecule has 4 nitrogen and oxygen atoms in total. The first-order valence-corrected chi connectivity index (χ1v) is 9.22. The highest BCUT2D eigenvalue weighted by Crippen LogP contribution is 2.49. The molecular formula is C19H21ClFN3O. The standard InChI is InChI=1S/C19H21ClFN3O/c20-16-2-1-3-17(21)15(16)11-24-7-6-18(23-24)22-19(25)10-14-9-12-4-5-13(14)8-12/h1-3,6-7,12-14H,4-5,8-11H2,(H,22,23,25). The third-order valence-corrected chi connectivity index (χ3v) is 5.98. The summed E-state index contributed by atoms with van der Waals surface area (Å²) in [6.45, 7) is 0.230. The van der Waals surface area contributed by atoms with Crippen LogP contribution in [0.4, 0.5) is 10.2 Å². The van der Waals surface area contributed by atoms with Gasteiger partial charge in [0.1, 0.15) is 5.82 Å². The van der Waals surface area contributed by atoms with E-state index in [4.69, 9.17) is 11.6 Å². The predicted octanol–water partition coefficient (Wildman–Crippen LogP) is 4.49. The zero-order valence-electron chi connectivity index (χ0n) is 13.9. The summed E-state index contributed by atoms with van der Waals surface area (Å²) in [6.07, 6.45) is 7.41. The van der Waals surface area contributed by atoms with Gasteiger partial charge >= 0.3 is 0 Å². The van der Waals surface area contributed by atoms with Gasteiger partial charge in [-0.2, -0.15) is 5.10 Å². The van der Waals surface area contributed by atoms with Crippen LogP contribution in [0.1, 0.15) is 37.7 Å². The number of amides is 1. The van der Waals surface area contributed by atoms with E-state index in [2.05, 4.69) is 10.4 Å². The fourth-order valence-electron chi connectivity index (χ4n) is 4.42. The lowest BCUT2D eigenvalue weighted by atomic mass is 9.86. The first kappa shape index (κ1) is 16.6. The highest BCUT2D eigenvalue weighted by Gasteiger charge is 2.40.